The Morgan fingerprint density at radius 2 is 1.77 bits per heavy atom. The maximum atomic E-state index is 14.7. The zero-order chi connectivity index (χ0) is 27.8. The Labute approximate surface area is 227 Å². The van der Waals surface area contributed by atoms with Crippen molar-refractivity contribution < 1.29 is 14.3 Å². The number of carbonyl (C=O) groups is 1. The summed E-state index contributed by atoms with van der Waals surface area (Å²) in [4.78, 5) is 46.7. The fourth-order valence-corrected chi connectivity index (χ4v) is 4.77. The fraction of sp³-hybridized carbons (Fsp3) is 0.308. The summed E-state index contributed by atoms with van der Waals surface area (Å²) in [7, 11) is 0. The first-order valence-electron chi connectivity index (χ1n) is 12.3. The standard InChI is InChI=1S/C26H26ClFN8O3/c1-14-11-29-26(30-12-14)35-8-6-34(7-9-35)22-15(2)24(37)36-13-17(28)10-18(23(36)33-22)16(3)31-19-4-5-20(27)32-21(19)25(38)39/h4-5,10-13,16,31H,6-9H2,1-3H3,(H,38,39)/t16-/m1/s1. The number of aryl methyl sites for hydroxylation is 1. The van der Waals surface area contributed by atoms with E-state index >= 15 is 0 Å². The number of hydrogen-bond acceptors (Lipinski definition) is 9. The molecule has 5 heterocycles. The molecule has 0 radical (unpaired) electrons. The molecule has 1 aliphatic heterocycles. The SMILES string of the molecule is Cc1cnc(N2CCN(c3nc4c([C@@H](C)Nc5ccc(Cl)nc5C(=O)O)cc(F)cn4c(=O)c3C)CC2)nc1. The molecule has 13 heteroatoms. The third kappa shape index (κ3) is 5.19. The number of rotatable bonds is 6. The molecule has 202 valence electrons. The summed E-state index contributed by atoms with van der Waals surface area (Å²) in [6.07, 6.45) is 4.66. The molecule has 4 aromatic rings. The molecular formula is C26H26ClFN8O3. The van der Waals surface area contributed by atoms with Crippen molar-refractivity contribution in [3.05, 3.63) is 80.5 Å². The average molecular weight is 553 g/mol. The predicted molar refractivity (Wildman–Crippen MR) is 146 cm³/mol. The summed E-state index contributed by atoms with van der Waals surface area (Å²) in [6.45, 7) is 7.78. The summed E-state index contributed by atoms with van der Waals surface area (Å²) >= 11 is 5.87. The largest absolute Gasteiger partial charge is 0.476 e. The molecule has 2 N–H and O–H groups in total. The number of fused-ring (bicyclic) bond motifs is 1. The highest BCUT2D eigenvalue weighted by molar-refractivity contribution is 6.29. The van der Waals surface area contributed by atoms with Gasteiger partial charge in [0.05, 0.1) is 17.3 Å². The van der Waals surface area contributed by atoms with Crippen LogP contribution in [0.2, 0.25) is 5.15 Å². The third-order valence-electron chi connectivity index (χ3n) is 6.65. The molecule has 1 fully saturated rings. The molecule has 0 amide bonds. The van der Waals surface area contributed by atoms with E-state index in [0.29, 0.717) is 49.1 Å². The lowest BCUT2D eigenvalue weighted by Crippen LogP contribution is -2.48. The Kier molecular flexibility index (Phi) is 7.04. The molecule has 0 unspecified atom stereocenters. The summed E-state index contributed by atoms with van der Waals surface area (Å²) in [5.74, 6) is -0.720. The number of aromatic nitrogens is 5. The van der Waals surface area contributed by atoms with Crippen LogP contribution in [0.5, 0.6) is 0 Å². The molecule has 0 aromatic carbocycles. The van der Waals surface area contributed by atoms with Gasteiger partial charge >= 0.3 is 5.97 Å². The number of aromatic carboxylic acids is 1. The van der Waals surface area contributed by atoms with Crippen molar-refractivity contribution in [2.45, 2.75) is 26.8 Å². The van der Waals surface area contributed by atoms with Gasteiger partial charge in [-0.1, -0.05) is 11.6 Å². The lowest BCUT2D eigenvalue weighted by molar-refractivity contribution is 0.0691. The predicted octanol–water partition coefficient (Wildman–Crippen LogP) is 3.49. The zero-order valence-corrected chi connectivity index (χ0v) is 22.3. The van der Waals surface area contributed by atoms with Gasteiger partial charge in [0.2, 0.25) is 5.95 Å². The van der Waals surface area contributed by atoms with Crippen molar-refractivity contribution >= 4 is 40.7 Å². The van der Waals surface area contributed by atoms with E-state index in [-0.39, 0.29) is 27.7 Å². The van der Waals surface area contributed by atoms with Crippen molar-refractivity contribution in [1.29, 1.82) is 0 Å². The van der Waals surface area contributed by atoms with Gasteiger partial charge in [-0.2, -0.15) is 0 Å². The summed E-state index contributed by atoms with van der Waals surface area (Å²) < 4.78 is 15.9. The number of halogens is 2. The Bertz CT molecular complexity index is 1620. The summed E-state index contributed by atoms with van der Waals surface area (Å²) in [5, 5.41) is 12.6. The van der Waals surface area contributed by atoms with Gasteiger partial charge in [0.25, 0.3) is 5.56 Å². The molecule has 5 rings (SSSR count). The van der Waals surface area contributed by atoms with Crippen LogP contribution in [0.1, 0.15) is 40.1 Å². The van der Waals surface area contributed by atoms with Crippen molar-refractivity contribution in [1.82, 2.24) is 24.3 Å². The second kappa shape index (κ2) is 10.4. The highest BCUT2D eigenvalue weighted by Crippen LogP contribution is 2.27. The van der Waals surface area contributed by atoms with Gasteiger partial charge < -0.3 is 20.2 Å². The van der Waals surface area contributed by atoms with E-state index < -0.39 is 17.8 Å². The number of carboxylic acid groups (broad SMARTS) is 1. The number of nitrogens with one attached hydrogen (secondary N) is 1. The lowest BCUT2D eigenvalue weighted by Gasteiger charge is -2.36. The number of anilines is 3. The molecule has 0 aliphatic carbocycles. The quantitative estimate of drug-likeness (QED) is 0.343. The third-order valence-corrected chi connectivity index (χ3v) is 6.86. The Morgan fingerprint density at radius 1 is 1.10 bits per heavy atom. The smallest absolute Gasteiger partial charge is 0.356 e. The molecule has 11 nitrogen and oxygen atoms in total. The van der Waals surface area contributed by atoms with Crippen molar-refractivity contribution in [3.63, 3.8) is 0 Å². The molecule has 4 aromatic heterocycles. The van der Waals surface area contributed by atoms with Gasteiger partial charge in [-0.05, 0) is 44.5 Å². The number of piperazine rings is 1. The summed E-state index contributed by atoms with van der Waals surface area (Å²) in [6, 6.07) is 3.60. The highest BCUT2D eigenvalue weighted by Gasteiger charge is 2.25. The fourth-order valence-electron chi connectivity index (χ4n) is 4.63. The van der Waals surface area contributed by atoms with Crippen LogP contribution in [0.15, 0.2) is 41.6 Å². The van der Waals surface area contributed by atoms with Gasteiger partial charge in [0, 0.05) is 50.3 Å². The van der Waals surface area contributed by atoms with Crippen LogP contribution in [0.25, 0.3) is 5.65 Å². The van der Waals surface area contributed by atoms with Crippen LogP contribution in [0.4, 0.5) is 21.8 Å². The molecule has 0 spiro atoms. The highest BCUT2D eigenvalue weighted by atomic mass is 35.5. The maximum absolute atomic E-state index is 14.7. The number of hydrogen-bond donors (Lipinski definition) is 2. The van der Waals surface area contributed by atoms with Crippen LogP contribution >= 0.6 is 11.6 Å². The van der Waals surface area contributed by atoms with Gasteiger partial charge in [-0.25, -0.2) is 29.1 Å². The van der Waals surface area contributed by atoms with E-state index in [2.05, 4.69) is 25.2 Å². The number of carboxylic acids is 1. The Morgan fingerprint density at radius 3 is 2.44 bits per heavy atom. The van der Waals surface area contributed by atoms with Crippen LogP contribution in [-0.2, 0) is 0 Å². The van der Waals surface area contributed by atoms with Crippen molar-refractivity contribution in [2.75, 3.05) is 41.3 Å². The lowest BCUT2D eigenvalue weighted by atomic mass is 10.1. The molecule has 39 heavy (non-hydrogen) atoms. The van der Waals surface area contributed by atoms with E-state index in [4.69, 9.17) is 16.6 Å². The molecule has 1 atom stereocenters. The Balaban J connectivity index is 1.49. The van der Waals surface area contributed by atoms with E-state index in [1.165, 1.54) is 22.6 Å². The molecule has 1 aliphatic rings. The van der Waals surface area contributed by atoms with E-state index in [0.717, 1.165) is 11.8 Å². The normalized spacial score (nSPS) is 14.5. The van der Waals surface area contributed by atoms with Gasteiger partial charge in [0.1, 0.15) is 22.4 Å². The average Bonchev–Trinajstić information content (AvgIpc) is 2.92. The van der Waals surface area contributed by atoms with E-state index in [1.807, 2.05) is 11.8 Å². The Hall–Kier alpha value is -4.32. The van der Waals surface area contributed by atoms with Crippen LogP contribution < -0.4 is 20.7 Å². The first-order valence-corrected chi connectivity index (χ1v) is 12.7. The van der Waals surface area contributed by atoms with E-state index in [1.54, 1.807) is 26.2 Å². The van der Waals surface area contributed by atoms with Gasteiger partial charge in [0.15, 0.2) is 5.69 Å². The number of pyridine rings is 2. The van der Waals surface area contributed by atoms with Crippen molar-refractivity contribution in [2.24, 2.45) is 0 Å². The van der Waals surface area contributed by atoms with Crippen molar-refractivity contribution in [3.8, 4) is 0 Å². The maximum Gasteiger partial charge on any atom is 0.356 e. The monoisotopic (exact) mass is 552 g/mol. The second-order valence-electron chi connectivity index (χ2n) is 9.41. The second-order valence-corrected chi connectivity index (χ2v) is 9.80. The number of nitrogens with zero attached hydrogens (tertiary/aromatic N) is 7. The molecule has 0 bridgehead atoms. The topological polar surface area (TPSA) is 129 Å². The van der Waals surface area contributed by atoms with Gasteiger partial charge in [-0.15, -0.1) is 0 Å². The van der Waals surface area contributed by atoms with E-state index in [9.17, 15) is 19.1 Å². The van der Waals surface area contributed by atoms with Gasteiger partial charge in [-0.3, -0.25) is 9.20 Å². The molecule has 0 saturated carbocycles. The minimum atomic E-state index is -1.27. The molecular weight excluding hydrogens is 527 g/mol. The minimum absolute atomic E-state index is 0.0317. The first-order chi connectivity index (χ1) is 18.6. The minimum Gasteiger partial charge on any atom is -0.476 e. The molecule has 1 saturated heterocycles. The van der Waals surface area contributed by atoms with Crippen LogP contribution in [0.3, 0.4) is 0 Å². The first kappa shape index (κ1) is 26.3. The van der Waals surface area contributed by atoms with Crippen LogP contribution in [0, 0.1) is 19.7 Å². The van der Waals surface area contributed by atoms with Crippen LogP contribution in [-0.4, -0.2) is 61.6 Å². The zero-order valence-electron chi connectivity index (χ0n) is 21.5. The summed E-state index contributed by atoms with van der Waals surface area (Å²) in [5.41, 5.74) is 1.58.